The van der Waals surface area contributed by atoms with Crippen molar-refractivity contribution >= 4 is 16.0 Å². The number of nitrogens with one attached hydrogen (secondary N) is 3. The maximum atomic E-state index is 11.7. The van der Waals surface area contributed by atoms with E-state index in [1.807, 2.05) is 30.3 Å². The number of hydrogen-bond acceptors (Lipinski definition) is 3. The van der Waals surface area contributed by atoms with Gasteiger partial charge in [-0.05, 0) is 36.6 Å². The van der Waals surface area contributed by atoms with Crippen LogP contribution in [0.15, 0.2) is 59.6 Å². The van der Waals surface area contributed by atoms with E-state index >= 15 is 0 Å². The van der Waals surface area contributed by atoms with Crippen LogP contribution in [0.1, 0.15) is 43.4 Å². The molecule has 0 radical (unpaired) electrons. The molecule has 30 heavy (non-hydrogen) atoms. The number of rotatable bonds is 10. The zero-order valence-electron chi connectivity index (χ0n) is 18.4. The fourth-order valence-electron chi connectivity index (χ4n) is 3.51. The van der Waals surface area contributed by atoms with Crippen LogP contribution in [-0.2, 0) is 27.7 Å². The standard InChI is InChI=1S/C23H34N4O2S/c1-5-23(6-2,21-10-8-7-9-11-21)18-27-22(24-3)26-16-19-12-14-20(15-13-19)17-30(28,29)25-4/h7-15,25H,5-6,16-18H2,1-4H3,(H2,24,26,27). The molecule has 2 aromatic carbocycles. The highest BCUT2D eigenvalue weighted by molar-refractivity contribution is 7.88. The van der Waals surface area contributed by atoms with Crippen LogP contribution in [0.4, 0.5) is 0 Å². The Morgan fingerprint density at radius 3 is 2.07 bits per heavy atom. The third-order valence-corrected chi connectivity index (χ3v) is 7.04. The molecule has 0 aliphatic rings. The van der Waals surface area contributed by atoms with Crippen molar-refractivity contribution in [2.75, 3.05) is 20.6 Å². The van der Waals surface area contributed by atoms with Crippen molar-refractivity contribution in [3.8, 4) is 0 Å². The van der Waals surface area contributed by atoms with Gasteiger partial charge in [-0.15, -0.1) is 0 Å². The number of benzene rings is 2. The molecule has 0 atom stereocenters. The van der Waals surface area contributed by atoms with Gasteiger partial charge in [0, 0.05) is 25.6 Å². The van der Waals surface area contributed by atoms with Crippen LogP contribution < -0.4 is 15.4 Å². The van der Waals surface area contributed by atoms with Gasteiger partial charge < -0.3 is 10.6 Å². The van der Waals surface area contributed by atoms with E-state index in [4.69, 9.17) is 0 Å². The first-order valence-corrected chi connectivity index (χ1v) is 12.0. The van der Waals surface area contributed by atoms with Crippen LogP contribution in [0.25, 0.3) is 0 Å². The van der Waals surface area contributed by atoms with Gasteiger partial charge in [-0.3, -0.25) is 4.99 Å². The number of sulfonamides is 1. The summed E-state index contributed by atoms with van der Waals surface area (Å²) in [5.41, 5.74) is 3.21. The van der Waals surface area contributed by atoms with Gasteiger partial charge in [-0.2, -0.15) is 0 Å². The summed E-state index contributed by atoms with van der Waals surface area (Å²) in [6.45, 7) is 5.86. The second kappa shape index (κ2) is 11.1. The molecule has 0 amide bonds. The quantitative estimate of drug-likeness (QED) is 0.399. The van der Waals surface area contributed by atoms with Crippen LogP contribution in [-0.4, -0.2) is 35.0 Å². The highest BCUT2D eigenvalue weighted by atomic mass is 32.2. The summed E-state index contributed by atoms with van der Waals surface area (Å²) in [4.78, 5) is 4.35. The number of hydrogen-bond donors (Lipinski definition) is 3. The molecule has 0 aromatic heterocycles. The highest BCUT2D eigenvalue weighted by Gasteiger charge is 2.28. The van der Waals surface area contributed by atoms with E-state index in [1.54, 1.807) is 7.05 Å². The lowest BCUT2D eigenvalue weighted by atomic mass is 9.76. The van der Waals surface area contributed by atoms with Gasteiger partial charge in [0.15, 0.2) is 5.96 Å². The molecule has 2 rings (SSSR count). The third-order valence-electron chi connectivity index (χ3n) is 5.71. The molecule has 0 saturated carbocycles. The maximum absolute atomic E-state index is 11.7. The smallest absolute Gasteiger partial charge is 0.215 e. The molecule has 0 aliphatic carbocycles. The molecule has 6 nitrogen and oxygen atoms in total. The Hall–Kier alpha value is -2.38. The van der Waals surface area contributed by atoms with Crippen molar-refractivity contribution < 1.29 is 8.42 Å². The normalized spacial score (nSPS) is 12.6. The summed E-state index contributed by atoms with van der Waals surface area (Å²) in [6.07, 6.45) is 2.07. The van der Waals surface area contributed by atoms with Gasteiger partial charge in [0.2, 0.25) is 10.0 Å². The summed E-state index contributed by atoms with van der Waals surface area (Å²) in [7, 11) is -0.0659. The second-order valence-corrected chi connectivity index (χ2v) is 9.34. The highest BCUT2D eigenvalue weighted by Crippen LogP contribution is 2.30. The molecule has 0 heterocycles. The molecule has 0 saturated heterocycles. The first-order chi connectivity index (χ1) is 14.4. The SMILES string of the molecule is CCC(CC)(CNC(=NC)NCc1ccc(CS(=O)(=O)NC)cc1)c1ccccc1. The van der Waals surface area contributed by atoms with Gasteiger partial charge in [-0.25, -0.2) is 13.1 Å². The molecular weight excluding hydrogens is 396 g/mol. The maximum Gasteiger partial charge on any atom is 0.215 e. The lowest BCUT2D eigenvalue weighted by molar-refractivity contribution is 0.389. The number of aliphatic imine (C=N–C) groups is 1. The number of guanidine groups is 1. The Labute approximate surface area is 181 Å². The summed E-state index contributed by atoms with van der Waals surface area (Å²) in [5.74, 6) is 0.731. The molecular formula is C23H34N4O2S. The largest absolute Gasteiger partial charge is 0.356 e. The monoisotopic (exact) mass is 430 g/mol. The van der Waals surface area contributed by atoms with E-state index in [0.29, 0.717) is 6.54 Å². The minimum absolute atomic E-state index is 0.0178. The van der Waals surface area contributed by atoms with Crippen molar-refractivity contribution in [3.63, 3.8) is 0 Å². The topological polar surface area (TPSA) is 82.6 Å². The summed E-state index contributed by atoms with van der Waals surface area (Å²) < 4.78 is 25.7. The Kier molecular flexibility index (Phi) is 8.87. The van der Waals surface area contributed by atoms with Crippen molar-refractivity contribution in [3.05, 3.63) is 71.3 Å². The lowest BCUT2D eigenvalue weighted by Gasteiger charge is -2.33. The Balaban J connectivity index is 1.96. The van der Waals surface area contributed by atoms with Crippen LogP contribution in [0.5, 0.6) is 0 Å². The van der Waals surface area contributed by atoms with Crippen molar-refractivity contribution in [2.24, 2.45) is 4.99 Å². The van der Waals surface area contributed by atoms with Crippen LogP contribution in [0.2, 0.25) is 0 Å². The summed E-state index contributed by atoms with van der Waals surface area (Å²) in [5, 5.41) is 6.83. The van der Waals surface area contributed by atoms with E-state index < -0.39 is 10.0 Å². The second-order valence-electron chi connectivity index (χ2n) is 7.41. The van der Waals surface area contributed by atoms with Crippen molar-refractivity contribution in [1.82, 2.24) is 15.4 Å². The van der Waals surface area contributed by atoms with Gasteiger partial charge in [0.1, 0.15) is 0 Å². The summed E-state index contributed by atoms with van der Waals surface area (Å²) in [6, 6.07) is 18.2. The van der Waals surface area contributed by atoms with Gasteiger partial charge in [0.25, 0.3) is 0 Å². The molecule has 0 aliphatic heterocycles. The third kappa shape index (κ3) is 6.57. The zero-order valence-corrected chi connectivity index (χ0v) is 19.2. The van der Waals surface area contributed by atoms with Crippen molar-refractivity contribution in [2.45, 2.75) is 44.4 Å². The molecule has 0 fully saturated rings. The van der Waals surface area contributed by atoms with E-state index in [0.717, 1.165) is 36.5 Å². The van der Waals surface area contributed by atoms with E-state index in [1.165, 1.54) is 12.6 Å². The molecule has 0 bridgehead atoms. The Morgan fingerprint density at radius 1 is 0.933 bits per heavy atom. The van der Waals surface area contributed by atoms with Gasteiger partial charge in [0.05, 0.1) is 5.75 Å². The van der Waals surface area contributed by atoms with E-state index in [-0.39, 0.29) is 11.2 Å². The molecule has 2 aromatic rings. The van der Waals surface area contributed by atoms with Crippen molar-refractivity contribution in [1.29, 1.82) is 0 Å². The molecule has 0 unspecified atom stereocenters. The zero-order chi connectivity index (χ0) is 22.0. The molecule has 3 N–H and O–H groups in total. The fourth-order valence-corrected chi connectivity index (χ4v) is 4.28. The Bertz CT molecular complexity index is 906. The predicted molar refractivity (Wildman–Crippen MR) is 125 cm³/mol. The first kappa shape index (κ1) is 23.9. The predicted octanol–water partition coefficient (Wildman–Crippen LogP) is 3.16. The van der Waals surface area contributed by atoms with Crippen LogP contribution >= 0.6 is 0 Å². The van der Waals surface area contributed by atoms with Crippen LogP contribution in [0, 0.1) is 0 Å². The fraction of sp³-hybridized carbons (Fsp3) is 0.435. The molecule has 7 heteroatoms. The minimum Gasteiger partial charge on any atom is -0.356 e. The van der Waals surface area contributed by atoms with Gasteiger partial charge >= 0.3 is 0 Å². The average Bonchev–Trinajstić information content (AvgIpc) is 2.78. The Morgan fingerprint density at radius 2 is 1.53 bits per heavy atom. The lowest BCUT2D eigenvalue weighted by Crippen LogP contribution is -2.45. The first-order valence-electron chi connectivity index (χ1n) is 10.4. The molecule has 0 spiro atoms. The summed E-state index contributed by atoms with van der Waals surface area (Å²) >= 11 is 0. The minimum atomic E-state index is -3.26. The van der Waals surface area contributed by atoms with E-state index in [2.05, 4.69) is 58.5 Å². The molecule has 164 valence electrons. The average molecular weight is 431 g/mol. The van der Waals surface area contributed by atoms with Crippen LogP contribution in [0.3, 0.4) is 0 Å². The van der Waals surface area contributed by atoms with E-state index in [9.17, 15) is 8.42 Å². The van der Waals surface area contributed by atoms with Gasteiger partial charge in [-0.1, -0.05) is 68.4 Å². The number of nitrogens with zero attached hydrogens (tertiary/aromatic N) is 1.